The normalized spacial score (nSPS) is 50.0. The van der Waals surface area contributed by atoms with E-state index in [1.807, 2.05) is 0 Å². The van der Waals surface area contributed by atoms with Crippen molar-refractivity contribution >= 4 is 11.9 Å². The number of rotatable bonds is 6. The predicted molar refractivity (Wildman–Crippen MR) is 111 cm³/mol. The van der Waals surface area contributed by atoms with E-state index in [1.54, 1.807) is 0 Å². The van der Waals surface area contributed by atoms with Gasteiger partial charge in [-0.25, -0.2) is 0 Å². The smallest absolute Gasteiger partial charge is 0.306 e. The molecule has 8 fully saturated rings. The van der Waals surface area contributed by atoms with E-state index in [9.17, 15) is 14.7 Å². The van der Waals surface area contributed by atoms with Crippen LogP contribution in [0.4, 0.5) is 0 Å². The molecule has 0 aromatic carbocycles. The van der Waals surface area contributed by atoms with Gasteiger partial charge in [0, 0.05) is 6.54 Å². The zero-order chi connectivity index (χ0) is 20.6. The highest BCUT2D eigenvalue weighted by molar-refractivity contribution is 5.80. The molecule has 0 aromatic heterocycles. The minimum atomic E-state index is -0.556. The van der Waals surface area contributed by atoms with Crippen LogP contribution >= 0.6 is 0 Å². The molecule has 4 atom stereocenters. The Balaban J connectivity index is 0.988. The summed E-state index contributed by atoms with van der Waals surface area (Å²) in [5.41, 5.74) is -0.339. The van der Waals surface area contributed by atoms with Crippen molar-refractivity contribution in [3.8, 4) is 0 Å². The molecule has 5 nitrogen and oxygen atoms in total. The molecule has 8 bridgehead atoms. The van der Waals surface area contributed by atoms with Crippen molar-refractivity contribution in [1.29, 1.82) is 0 Å². The average molecular weight is 416 g/mol. The Labute approximate surface area is 179 Å². The lowest BCUT2D eigenvalue weighted by Crippen LogP contribution is -2.56. The molecule has 1 amide bonds. The molecule has 30 heavy (non-hydrogen) atoms. The van der Waals surface area contributed by atoms with Crippen molar-refractivity contribution < 1.29 is 19.4 Å². The fourth-order valence-corrected chi connectivity index (χ4v) is 9.96. The lowest BCUT2D eigenvalue weighted by Gasteiger charge is -2.60. The molecule has 5 heteroatoms. The first-order chi connectivity index (χ1) is 14.3. The van der Waals surface area contributed by atoms with Gasteiger partial charge in [0.15, 0.2) is 6.61 Å². The second-order valence-electron chi connectivity index (χ2n) is 12.7. The standard InChI is InChI=1S/C25H37NO4/c27-21(26-15-24-5-16-1-17(6-24)3-18(2-16)7-24)13-30-22(28)12-23-8-19-4-20(9-23)11-25(29,10-19)14-23/h16-20,29H,1-15H2,(H,26,27)/t16?,17?,18?,19-,20+,23?,24?,25?. The van der Waals surface area contributed by atoms with Gasteiger partial charge in [0.25, 0.3) is 5.91 Å². The number of amides is 1. The summed E-state index contributed by atoms with van der Waals surface area (Å²) in [4.78, 5) is 25.0. The minimum Gasteiger partial charge on any atom is -0.456 e. The van der Waals surface area contributed by atoms with E-state index in [4.69, 9.17) is 4.74 Å². The second-order valence-corrected chi connectivity index (χ2v) is 12.7. The van der Waals surface area contributed by atoms with E-state index in [1.165, 1.54) is 44.9 Å². The Kier molecular flexibility index (Phi) is 4.37. The Hall–Kier alpha value is -1.10. The summed E-state index contributed by atoms with van der Waals surface area (Å²) in [5.74, 6) is 3.34. The summed E-state index contributed by atoms with van der Waals surface area (Å²) in [6.45, 7) is 0.603. The molecule has 0 spiro atoms. The van der Waals surface area contributed by atoms with Crippen LogP contribution < -0.4 is 5.32 Å². The lowest BCUT2D eigenvalue weighted by atomic mass is 9.47. The molecular formula is C25H37NO4. The van der Waals surface area contributed by atoms with Crippen molar-refractivity contribution in [2.75, 3.05) is 13.2 Å². The first-order valence-corrected chi connectivity index (χ1v) is 12.4. The molecule has 0 heterocycles. The number of nitrogens with one attached hydrogen (secondary N) is 1. The summed E-state index contributed by atoms with van der Waals surface area (Å²) in [7, 11) is 0. The highest BCUT2D eigenvalue weighted by Crippen LogP contribution is 2.63. The van der Waals surface area contributed by atoms with Gasteiger partial charge >= 0.3 is 5.97 Å². The maximum Gasteiger partial charge on any atom is 0.306 e. The van der Waals surface area contributed by atoms with Crippen LogP contribution in [-0.4, -0.2) is 35.7 Å². The zero-order valence-electron chi connectivity index (χ0n) is 18.2. The Morgan fingerprint density at radius 2 is 1.33 bits per heavy atom. The lowest BCUT2D eigenvalue weighted by molar-refractivity contribution is -0.177. The van der Waals surface area contributed by atoms with Crippen LogP contribution in [0, 0.1) is 40.4 Å². The number of aliphatic hydroxyl groups is 1. The molecule has 0 aromatic rings. The van der Waals surface area contributed by atoms with Crippen molar-refractivity contribution in [3.05, 3.63) is 0 Å². The van der Waals surface area contributed by atoms with E-state index in [-0.39, 0.29) is 23.9 Å². The van der Waals surface area contributed by atoms with Gasteiger partial charge in [-0.2, -0.15) is 0 Å². The van der Waals surface area contributed by atoms with Crippen molar-refractivity contribution in [3.63, 3.8) is 0 Å². The van der Waals surface area contributed by atoms with E-state index in [2.05, 4.69) is 5.32 Å². The monoisotopic (exact) mass is 415 g/mol. The fraction of sp³-hybridized carbons (Fsp3) is 0.920. The van der Waals surface area contributed by atoms with Gasteiger partial charge in [-0.3, -0.25) is 9.59 Å². The topological polar surface area (TPSA) is 75.6 Å². The maximum atomic E-state index is 12.6. The first-order valence-electron chi connectivity index (χ1n) is 12.4. The molecule has 8 saturated carbocycles. The van der Waals surface area contributed by atoms with Crippen LogP contribution in [0.15, 0.2) is 0 Å². The van der Waals surface area contributed by atoms with Crippen LogP contribution in [0.25, 0.3) is 0 Å². The number of hydrogen-bond acceptors (Lipinski definition) is 4. The van der Waals surface area contributed by atoms with Crippen LogP contribution in [-0.2, 0) is 14.3 Å². The molecule has 2 N–H and O–H groups in total. The van der Waals surface area contributed by atoms with E-state index < -0.39 is 5.60 Å². The molecule has 8 aliphatic rings. The molecule has 2 unspecified atom stereocenters. The highest BCUT2D eigenvalue weighted by atomic mass is 16.5. The number of ether oxygens (including phenoxy) is 1. The molecule has 166 valence electrons. The Bertz CT molecular complexity index is 696. The van der Waals surface area contributed by atoms with E-state index >= 15 is 0 Å². The third-order valence-electron chi connectivity index (χ3n) is 9.86. The van der Waals surface area contributed by atoms with Gasteiger partial charge in [-0.15, -0.1) is 0 Å². The molecule has 8 rings (SSSR count). The fourth-order valence-electron chi connectivity index (χ4n) is 9.96. The van der Waals surface area contributed by atoms with Gasteiger partial charge in [0.05, 0.1) is 12.0 Å². The van der Waals surface area contributed by atoms with Crippen molar-refractivity contribution in [2.45, 2.75) is 89.1 Å². The van der Waals surface area contributed by atoms with E-state index in [0.29, 0.717) is 23.7 Å². The minimum absolute atomic E-state index is 0.0917. The number of carbonyl (C=O) groups excluding carboxylic acids is 2. The van der Waals surface area contributed by atoms with Crippen LogP contribution in [0.5, 0.6) is 0 Å². The number of hydrogen-bond donors (Lipinski definition) is 2. The number of carbonyl (C=O) groups is 2. The summed E-state index contributed by atoms with van der Waals surface area (Å²) in [5, 5.41) is 14.0. The second kappa shape index (κ2) is 6.70. The predicted octanol–water partition coefficient (Wildman–Crippen LogP) is 3.58. The van der Waals surface area contributed by atoms with Gasteiger partial charge in [0.2, 0.25) is 0 Å². The summed E-state index contributed by atoms with van der Waals surface area (Å²) in [6, 6.07) is 0. The van der Waals surface area contributed by atoms with Gasteiger partial charge < -0.3 is 15.2 Å². The van der Waals surface area contributed by atoms with Crippen LogP contribution in [0.1, 0.15) is 83.5 Å². The molecular weight excluding hydrogens is 378 g/mol. The Morgan fingerprint density at radius 3 is 1.90 bits per heavy atom. The quantitative estimate of drug-likeness (QED) is 0.650. The Morgan fingerprint density at radius 1 is 0.800 bits per heavy atom. The third kappa shape index (κ3) is 3.49. The third-order valence-corrected chi connectivity index (χ3v) is 9.86. The molecule has 8 aliphatic carbocycles. The van der Waals surface area contributed by atoms with Crippen LogP contribution in [0.3, 0.4) is 0 Å². The summed E-state index contributed by atoms with van der Waals surface area (Å²) < 4.78 is 5.41. The van der Waals surface area contributed by atoms with Gasteiger partial charge in [0.1, 0.15) is 0 Å². The van der Waals surface area contributed by atoms with Gasteiger partial charge in [-0.1, -0.05) is 0 Å². The highest BCUT2D eigenvalue weighted by Gasteiger charge is 2.57. The zero-order valence-corrected chi connectivity index (χ0v) is 18.2. The molecule has 0 radical (unpaired) electrons. The van der Waals surface area contributed by atoms with E-state index in [0.717, 1.165) is 56.4 Å². The molecule has 0 saturated heterocycles. The van der Waals surface area contributed by atoms with Crippen LogP contribution in [0.2, 0.25) is 0 Å². The summed E-state index contributed by atoms with van der Waals surface area (Å²) >= 11 is 0. The average Bonchev–Trinajstić information content (AvgIpc) is 2.61. The maximum absolute atomic E-state index is 12.6. The van der Waals surface area contributed by atoms with Gasteiger partial charge in [-0.05, 0) is 117 Å². The first kappa shape index (κ1) is 19.6. The SMILES string of the molecule is O=C(COC(=O)CC12C[C@@H]3C[C@@H](CC(O)(C3)C1)C2)NCC12CC3CC(CC(C3)C1)C2. The largest absolute Gasteiger partial charge is 0.456 e. The number of esters is 1. The summed E-state index contributed by atoms with van der Waals surface area (Å²) in [6.07, 6.45) is 14.2. The van der Waals surface area contributed by atoms with Crippen molar-refractivity contribution in [2.24, 2.45) is 40.4 Å². The van der Waals surface area contributed by atoms with Crippen molar-refractivity contribution in [1.82, 2.24) is 5.32 Å². The molecule has 0 aliphatic heterocycles.